The third-order valence-electron chi connectivity index (χ3n) is 2.96. The molecule has 5 nitrogen and oxygen atoms in total. The fourth-order valence-electron chi connectivity index (χ4n) is 1.99. The van der Waals surface area contributed by atoms with Crippen molar-refractivity contribution in [1.29, 1.82) is 0 Å². The molecule has 22 heavy (non-hydrogen) atoms. The molecule has 114 valence electrons. The third-order valence-corrected chi connectivity index (χ3v) is 3.82. The van der Waals surface area contributed by atoms with Crippen LogP contribution in [0, 0.1) is 0 Å². The Morgan fingerprint density at radius 3 is 2.55 bits per heavy atom. The van der Waals surface area contributed by atoms with Crippen molar-refractivity contribution in [2.75, 3.05) is 11.9 Å². The summed E-state index contributed by atoms with van der Waals surface area (Å²) < 4.78 is 0. The van der Waals surface area contributed by atoms with Gasteiger partial charge in [0, 0.05) is 22.7 Å². The van der Waals surface area contributed by atoms with Crippen LogP contribution in [0.4, 0.5) is 10.5 Å². The highest BCUT2D eigenvalue weighted by Crippen LogP contribution is 2.16. The summed E-state index contributed by atoms with van der Waals surface area (Å²) in [6, 6.07) is 9.94. The van der Waals surface area contributed by atoms with E-state index in [1.807, 2.05) is 17.5 Å². The zero-order valence-electron chi connectivity index (χ0n) is 12.0. The van der Waals surface area contributed by atoms with E-state index in [2.05, 4.69) is 11.9 Å². The predicted molar refractivity (Wildman–Crippen MR) is 88.9 cm³/mol. The van der Waals surface area contributed by atoms with Crippen LogP contribution in [0.15, 0.2) is 54.4 Å². The van der Waals surface area contributed by atoms with E-state index >= 15 is 0 Å². The summed E-state index contributed by atoms with van der Waals surface area (Å²) in [6.07, 6.45) is 1.70. The molecule has 0 atom stereocenters. The monoisotopic (exact) mass is 315 g/mol. The van der Waals surface area contributed by atoms with Crippen LogP contribution in [0.1, 0.15) is 15.2 Å². The lowest BCUT2D eigenvalue weighted by Gasteiger charge is -2.20. The van der Waals surface area contributed by atoms with Gasteiger partial charge in [-0.3, -0.25) is 4.79 Å². The Balaban J connectivity index is 2.12. The number of nitrogens with zero attached hydrogens (tertiary/aromatic N) is 1. The van der Waals surface area contributed by atoms with E-state index in [1.54, 1.807) is 46.6 Å². The van der Waals surface area contributed by atoms with Crippen molar-refractivity contribution in [2.45, 2.75) is 6.54 Å². The summed E-state index contributed by atoms with van der Waals surface area (Å²) in [7, 11) is 0. The van der Waals surface area contributed by atoms with Crippen LogP contribution in [-0.2, 0) is 6.54 Å². The zero-order chi connectivity index (χ0) is 15.9. The number of urea groups is 1. The first-order chi connectivity index (χ1) is 10.6. The molecule has 1 aromatic heterocycles. The minimum atomic E-state index is -0.634. The summed E-state index contributed by atoms with van der Waals surface area (Å²) in [4.78, 5) is 26.2. The second-order valence-corrected chi connectivity index (χ2v) is 5.65. The minimum absolute atomic E-state index is 0.0843. The molecule has 3 N–H and O–H groups in total. The molecule has 0 aliphatic carbocycles. The average molecular weight is 315 g/mol. The van der Waals surface area contributed by atoms with Crippen LogP contribution in [-0.4, -0.2) is 23.4 Å². The van der Waals surface area contributed by atoms with Gasteiger partial charge >= 0.3 is 6.03 Å². The predicted octanol–water partition coefficient (Wildman–Crippen LogP) is 3.07. The Bertz CT molecular complexity index is 651. The minimum Gasteiger partial charge on any atom is -0.351 e. The summed E-state index contributed by atoms with van der Waals surface area (Å²) in [6.45, 7) is 4.72. The largest absolute Gasteiger partial charge is 0.351 e. The number of amides is 3. The maximum absolute atomic E-state index is 12.6. The van der Waals surface area contributed by atoms with Crippen LogP contribution >= 0.6 is 11.3 Å². The van der Waals surface area contributed by atoms with Gasteiger partial charge < -0.3 is 16.0 Å². The number of thiophene rings is 1. The Hall–Kier alpha value is -2.60. The first kappa shape index (κ1) is 15.8. The van der Waals surface area contributed by atoms with E-state index in [4.69, 9.17) is 5.73 Å². The fraction of sp³-hybridized carbons (Fsp3) is 0.125. The van der Waals surface area contributed by atoms with Gasteiger partial charge in [-0.2, -0.15) is 0 Å². The number of nitrogens with one attached hydrogen (secondary N) is 1. The lowest BCUT2D eigenvalue weighted by atomic mass is 10.1. The smallest absolute Gasteiger partial charge is 0.316 e. The van der Waals surface area contributed by atoms with Gasteiger partial charge in [-0.15, -0.1) is 17.9 Å². The quantitative estimate of drug-likeness (QED) is 0.804. The first-order valence-electron chi connectivity index (χ1n) is 6.69. The molecule has 2 aromatic rings. The highest BCUT2D eigenvalue weighted by Gasteiger charge is 2.15. The molecule has 0 bridgehead atoms. The number of hydrogen-bond acceptors (Lipinski definition) is 3. The third kappa shape index (κ3) is 4.20. The van der Waals surface area contributed by atoms with Gasteiger partial charge in [-0.1, -0.05) is 12.1 Å². The van der Waals surface area contributed by atoms with E-state index in [9.17, 15) is 9.59 Å². The van der Waals surface area contributed by atoms with Crippen LogP contribution in [0.3, 0.4) is 0 Å². The number of primary amides is 1. The summed E-state index contributed by atoms with van der Waals surface area (Å²) in [5.74, 6) is -0.0843. The van der Waals surface area contributed by atoms with Gasteiger partial charge in [-0.05, 0) is 35.7 Å². The van der Waals surface area contributed by atoms with Gasteiger partial charge in [0.2, 0.25) is 0 Å². The molecule has 0 aliphatic rings. The van der Waals surface area contributed by atoms with Crippen molar-refractivity contribution in [3.63, 3.8) is 0 Å². The summed E-state index contributed by atoms with van der Waals surface area (Å²) >= 11 is 1.61. The fourth-order valence-corrected chi connectivity index (χ4v) is 2.71. The SMILES string of the molecule is C=CCN(Cc1cccs1)C(=O)c1ccc(NC(N)=O)cc1. The molecule has 3 amide bonds. The van der Waals surface area contributed by atoms with E-state index in [-0.39, 0.29) is 5.91 Å². The van der Waals surface area contributed by atoms with Crippen molar-refractivity contribution in [1.82, 2.24) is 4.90 Å². The molecule has 1 heterocycles. The van der Waals surface area contributed by atoms with Crippen molar-refractivity contribution in [2.24, 2.45) is 5.73 Å². The standard InChI is InChI=1S/C16H17N3O2S/c1-2-9-19(11-14-4-3-10-22-14)15(20)12-5-7-13(8-6-12)18-16(17)21/h2-8,10H,1,9,11H2,(H3,17,18,21). The Kier molecular flexibility index (Phi) is 5.32. The van der Waals surface area contributed by atoms with Crippen LogP contribution in [0.2, 0.25) is 0 Å². The number of nitrogens with two attached hydrogens (primary N) is 1. The van der Waals surface area contributed by atoms with Gasteiger partial charge in [0.05, 0.1) is 6.54 Å². The normalized spacial score (nSPS) is 10.0. The first-order valence-corrected chi connectivity index (χ1v) is 7.57. The molecule has 1 aromatic carbocycles. The van der Waals surface area contributed by atoms with Gasteiger partial charge in [0.15, 0.2) is 0 Å². The second-order valence-electron chi connectivity index (χ2n) is 4.62. The number of carbonyl (C=O) groups excluding carboxylic acids is 2. The van der Waals surface area contributed by atoms with Crippen LogP contribution in [0.5, 0.6) is 0 Å². The molecule has 0 radical (unpaired) electrons. The number of rotatable bonds is 6. The van der Waals surface area contributed by atoms with E-state index in [1.165, 1.54) is 0 Å². The van der Waals surface area contributed by atoms with Crippen molar-refractivity contribution < 1.29 is 9.59 Å². The molecule has 0 spiro atoms. The van der Waals surface area contributed by atoms with Crippen molar-refractivity contribution in [3.05, 3.63) is 64.9 Å². The summed E-state index contributed by atoms with van der Waals surface area (Å²) in [5.41, 5.74) is 6.15. The lowest BCUT2D eigenvalue weighted by molar-refractivity contribution is 0.0764. The number of hydrogen-bond donors (Lipinski definition) is 2. The van der Waals surface area contributed by atoms with Crippen LogP contribution < -0.4 is 11.1 Å². The molecular weight excluding hydrogens is 298 g/mol. The van der Waals surface area contributed by atoms with E-state index in [0.29, 0.717) is 24.3 Å². The second kappa shape index (κ2) is 7.42. The Morgan fingerprint density at radius 1 is 1.27 bits per heavy atom. The van der Waals surface area contributed by atoms with Crippen LogP contribution in [0.25, 0.3) is 0 Å². The number of benzene rings is 1. The van der Waals surface area contributed by atoms with Gasteiger partial charge in [0.25, 0.3) is 5.91 Å². The van der Waals surface area contributed by atoms with Crippen molar-refractivity contribution in [3.8, 4) is 0 Å². The maximum Gasteiger partial charge on any atom is 0.316 e. The van der Waals surface area contributed by atoms with E-state index in [0.717, 1.165) is 4.88 Å². The Morgan fingerprint density at radius 2 is 2.00 bits per heavy atom. The van der Waals surface area contributed by atoms with E-state index < -0.39 is 6.03 Å². The Labute approximate surface area is 133 Å². The molecular formula is C16H17N3O2S. The molecule has 0 saturated heterocycles. The molecule has 6 heteroatoms. The topological polar surface area (TPSA) is 75.4 Å². The molecule has 0 unspecified atom stereocenters. The maximum atomic E-state index is 12.6. The summed E-state index contributed by atoms with van der Waals surface area (Å²) in [5, 5.41) is 4.44. The lowest BCUT2D eigenvalue weighted by Crippen LogP contribution is -2.30. The highest BCUT2D eigenvalue weighted by molar-refractivity contribution is 7.09. The van der Waals surface area contributed by atoms with Crippen molar-refractivity contribution >= 4 is 29.0 Å². The van der Waals surface area contributed by atoms with Gasteiger partial charge in [0.1, 0.15) is 0 Å². The molecule has 0 fully saturated rings. The molecule has 0 aliphatic heterocycles. The zero-order valence-corrected chi connectivity index (χ0v) is 12.8. The number of anilines is 1. The molecule has 2 rings (SSSR count). The number of carbonyl (C=O) groups is 2. The highest BCUT2D eigenvalue weighted by atomic mass is 32.1. The van der Waals surface area contributed by atoms with Gasteiger partial charge in [-0.25, -0.2) is 4.79 Å². The molecule has 0 saturated carbocycles. The average Bonchev–Trinajstić information content (AvgIpc) is 2.99.